The minimum atomic E-state index is -0.613. The third-order valence-corrected chi connectivity index (χ3v) is 7.78. The van der Waals surface area contributed by atoms with E-state index in [9.17, 15) is 19.2 Å². The molecule has 2 heterocycles. The number of benzene rings is 2. The molecule has 3 aliphatic rings. The number of ether oxygens (including phenoxy) is 1. The lowest BCUT2D eigenvalue weighted by Gasteiger charge is -2.19. The molecule has 2 saturated heterocycles. The molecule has 0 unspecified atom stereocenters. The van der Waals surface area contributed by atoms with Gasteiger partial charge in [0.05, 0.1) is 23.4 Å². The number of halogens is 1. The van der Waals surface area contributed by atoms with E-state index < -0.39 is 11.9 Å². The number of amides is 3. The van der Waals surface area contributed by atoms with Crippen molar-refractivity contribution in [3.63, 3.8) is 0 Å². The average Bonchev–Trinajstić information content (AvgIpc) is 3.33. The summed E-state index contributed by atoms with van der Waals surface area (Å²) in [4.78, 5) is 54.3. The number of rotatable bonds is 4. The van der Waals surface area contributed by atoms with Gasteiger partial charge in [-0.3, -0.25) is 19.2 Å². The number of fused-ring (bicyclic) bond motifs is 1. The lowest BCUT2D eigenvalue weighted by atomic mass is 9.82. The Bertz CT molecular complexity index is 1330. The fourth-order valence-electron chi connectivity index (χ4n) is 5.28. The Balaban J connectivity index is 1.28. The SMILES string of the molecule is CC1=CC[C@@H]2C(=O)N(c3ccc(OC(=O)[C@H]4CC(=O)N(c5ccc(C)c(Cl)c5)C4)cc3C)C(=O)[C@H]2C1. The molecule has 0 spiro atoms. The first kappa shape index (κ1) is 24.3. The van der Waals surface area contributed by atoms with Crippen molar-refractivity contribution in [2.45, 2.75) is 40.0 Å². The smallest absolute Gasteiger partial charge is 0.316 e. The second-order valence-electron chi connectivity index (χ2n) is 9.92. The van der Waals surface area contributed by atoms with Crippen molar-refractivity contribution in [1.82, 2.24) is 0 Å². The highest BCUT2D eigenvalue weighted by Crippen LogP contribution is 2.41. The first-order valence-corrected chi connectivity index (χ1v) is 12.4. The number of carbonyl (C=O) groups is 4. The predicted molar refractivity (Wildman–Crippen MR) is 136 cm³/mol. The highest BCUT2D eigenvalue weighted by Gasteiger charge is 2.49. The van der Waals surface area contributed by atoms with Crippen molar-refractivity contribution in [3.05, 3.63) is 64.2 Å². The lowest BCUT2D eigenvalue weighted by Crippen LogP contribution is -2.31. The molecule has 0 aromatic heterocycles. The highest BCUT2D eigenvalue weighted by atomic mass is 35.5. The molecule has 2 aromatic carbocycles. The van der Waals surface area contributed by atoms with Crippen molar-refractivity contribution >= 4 is 46.7 Å². The van der Waals surface area contributed by atoms with Crippen LogP contribution in [0.2, 0.25) is 5.02 Å². The topological polar surface area (TPSA) is 84.0 Å². The van der Waals surface area contributed by atoms with Crippen molar-refractivity contribution in [1.29, 1.82) is 0 Å². The molecule has 7 nitrogen and oxygen atoms in total. The molecular formula is C28H27ClN2O5. The lowest BCUT2D eigenvalue weighted by molar-refractivity contribution is -0.139. The van der Waals surface area contributed by atoms with Gasteiger partial charge >= 0.3 is 5.97 Å². The van der Waals surface area contributed by atoms with Gasteiger partial charge in [-0.15, -0.1) is 0 Å². The van der Waals surface area contributed by atoms with Crippen LogP contribution in [0.25, 0.3) is 0 Å². The van der Waals surface area contributed by atoms with Crippen LogP contribution in [0.1, 0.15) is 37.3 Å². The summed E-state index contributed by atoms with van der Waals surface area (Å²) < 4.78 is 5.59. The van der Waals surface area contributed by atoms with Crippen molar-refractivity contribution in [3.8, 4) is 5.75 Å². The molecular weight excluding hydrogens is 480 g/mol. The van der Waals surface area contributed by atoms with E-state index in [4.69, 9.17) is 16.3 Å². The average molecular weight is 507 g/mol. The van der Waals surface area contributed by atoms with Crippen molar-refractivity contribution < 1.29 is 23.9 Å². The van der Waals surface area contributed by atoms with E-state index in [1.54, 1.807) is 36.1 Å². The third-order valence-electron chi connectivity index (χ3n) is 7.38. The summed E-state index contributed by atoms with van der Waals surface area (Å²) >= 11 is 6.20. The maximum atomic E-state index is 13.1. The van der Waals surface area contributed by atoms with Crippen LogP contribution in [0, 0.1) is 31.6 Å². The Morgan fingerprint density at radius 1 is 0.944 bits per heavy atom. The van der Waals surface area contributed by atoms with Crippen LogP contribution < -0.4 is 14.5 Å². The fourth-order valence-corrected chi connectivity index (χ4v) is 5.46. The van der Waals surface area contributed by atoms with E-state index >= 15 is 0 Å². The number of allylic oxidation sites excluding steroid dienone is 2. The number of nitrogens with zero attached hydrogens (tertiary/aromatic N) is 2. The van der Waals surface area contributed by atoms with E-state index in [1.807, 2.05) is 32.1 Å². The zero-order valence-corrected chi connectivity index (χ0v) is 21.2. The summed E-state index contributed by atoms with van der Waals surface area (Å²) in [5.74, 6) is -1.96. The van der Waals surface area contributed by atoms with Crippen LogP contribution in [0.4, 0.5) is 11.4 Å². The molecule has 1 aliphatic carbocycles. The van der Waals surface area contributed by atoms with Gasteiger partial charge in [-0.1, -0.05) is 29.3 Å². The molecule has 186 valence electrons. The third kappa shape index (κ3) is 4.22. The summed E-state index contributed by atoms with van der Waals surface area (Å²) in [6.07, 6.45) is 3.27. The van der Waals surface area contributed by atoms with Gasteiger partial charge < -0.3 is 9.64 Å². The molecule has 0 saturated carbocycles. The van der Waals surface area contributed by atoms with Gasteiger partial charge in [-0.05, 0) is 75.1 Å². The van der Waals surface area contributed by atoms with Crippen molar-refractivity contribution in [2.75, 3.05) is 16.3 Å². The number of carbonyl (C=O) groups excluding carboxylic acids is 4. The number of esters is 1. The minimum Gasteiger partial charge on any atom is -0.426 e. The number of hydrogen-bond acceptors (Lipinski definition) is 5. The van der Waals surface area contributed by atoms with Crippen LogP contribution >= 0.6 is 11.6 Å². The molecule has 3 atom stereocenters. The zero-order valence-electron chi connectivity index (χ0n) is 20.4. The Labute approximate surface area is 214 Å². The number of aryl methyl sites for hydroxylation is 2. The first-order chi connectivity index (χ1) is 17.1. The summed E-state index contributed by atoms with van der Waals surface area (Å²) in [5.41, 5.74) is 3.86. The minimum absolute atomic E-state index is 0.0500. The molecule has 8 heteroatoms. The molecule has 3 amide bonds. The molecule has 0 bridgehead atoms. The number of anilines is 2. The summed E-state index contributed by atoms with van der Waals surface area (Å²) in [6.45, 7) is 5.85. The van der Waals surface area contributed by atoms with Gasteiger partial charge in [-0.2, -0.15) is 0 Å². The molecule has 2 aromatic rings. The molecule has 36 heavy (non-hydrogen) atoms. The van der Waals surface area contributed by atoms with Crippen LogP contribution in [-0.2, 0) is 19.2 Å². The molecule has 0 radical (unpaired) electrons. The first-order valence-electron chi connectivity index (χ1n) is 12.1. The maximum absolute atomic E-state index is 13.1. The second-order valence-corrected chi connectivity index (χ2v) is 10.3. The number of imide groups is 1. The summed E-state index contributed by atoms with van der Waals surface area (Å²) in [6, 6.07) is 10.2. The second kappa shape index (κ2) is 9.21. The van der Waals surface area contributed by atoms with Gasteiger partial charge in [0, 0.05) is 23.7 Å². The van der Waals surface area contributed by atoms with E-state index in [1.165, 1.54) is 4.90 Å². The fraction of sp³-hybridized carbons (Fsp3) is 0.357. The molecule has 0 N–H and O–H groups in total. The van der Waals surface area contributed by atoms with Crippen molar-refractivity contribution in [2.24, 2.45) is 17.8 Å². The largest absolute Gasteiger partial charge is 0.426 e. The summed E-state index contributed by atoms with van der Waals surface area (Å²) in [5, 5.41) is 0.558. The van der Waals surface area contributed by atoms with Crippen LogP contribution in [0.5, 0.6) is 5.75 Å². The standard InChI is InChI=1S/C28H27ClN2O5/c1-15-4-8-21-22(10-15)27(34)31(26(21)33)24-9-7-20(11-17(24)3)36-28(35)18-12-25(32)30(14-18)19-6-5-16(2)23(29)13-19/h4-7,9,11,13,18,21-22H,8,10,12,14H2,1-3H3/t18-,21-,22-/m0/s1. The Morgan fingerprint density at radius 2 is 1.69 bits per heavy atom. The predicted octanol–water partition coefficient (Wildman–Crippen LogP) is 4.76. The van der Waals surface area contributed by atoms with E-state index in [2.05, 4.69) is 0 Å². The Morgan fingerprint density at radius 3 is 2.42 bits per heavy atom. The van der Waals surface area contributed by atoms with Gasteiger partial charge in [0.25, 0.3) is 0 Å². The van der Waals surface area contributed by atoms with Crippen LogP contribution in [0.15, 0.2) is 48.0 Å². The Hall–Kier alpha value is -3.45. The monoisotopic (exact) mass is 506 g/mol. The van der Waals surface area contributed by atoms with Crippen LogP contribution in [-0.4, -0.2) is 30.2 Å². The van der Waals surface area contributed by atoms with E-state index in [0.717, 1.165) is 11.1 Å². The maximum Gasteiger partial charge on any atom is 0.316 e. The zero-order chi connectivity index (χ0) is 25.7. The Kier molecular flexibility index (Phi) is 6.20. The molecule has 2 fully saturated rings. The van der Waals surface area contributed by atoms with Gasteiger partial charge in [0.2, 0.25) is 17.7 Å². The van der Waals surface area contributed by atoms with Gasteiger partial charge in [0.15, 0.2) is 0 Å². The van der Waals surface area contributed by atoms with Crippen LogP contribution in [0.3, 0.4) is 0 Å². The summed E-state index contributed by atoms with van der Waals surface area (Å²) in [7, 11) is 0. The van der Waals surface area contributed by atoms with E-state index in [0.29, 0.717) is 40.6 Å². The highest BCUT2D eigenvalue weighted by molar-refractivity contribution is 6.31. The van der Waals surface area contributed by atoms with Gasteiger partial charge in [0.1, 0.15) is 5.75 Å². The number of hydrogen-bond donors (Lipinski definition) is 0. The van der Waals surface area contributed by atoms with Gasteiger partial charge in [-0.25, -0.2) is 4.90 Å². The molecule has 5 rings (SSSR count). The normalized spacial score (nSPS) is 23.7. The van der Waals surface area contributed by atoms with E-state index in [-0.39, 0.29) is 42.5 Å². The quantitative estimate of drug-likeness (QED) is 0.258. The molecule has 2 aliphatic heterocycles.